The molecule has 1 rings (SSSR count). The number of hydrogen-bond acceptors (Lipinski definition) is 3. The number of sulfonamides is 1. The van der Waals surface area contributed by atoms with E-state index in [0.29, 0.717) is 22.0 Å². The SMILES string of the molecule is CCCCCCCCCCCCCCCCS(=O)(=O)N/N=C/c1ccc(Cl)cc1Cl. The quantitative estimate of drug-likeness (QED) is 0.134. The number of unbranched alkanes of at least 4 members (excludes halogenated alkanes) is 13. The molecule has 0 aliphatic rings. The van der Waals surface area contributed by atoms with Crippen molar-refractivity contribution in [2.75, 3.05) is 5.75 Å². The second kappa shape index (κ2) is 16.9. The zero-order valence-corrected chi connectivity index (χ0v) is 20.7. The summed E-state index contributed by atoms with van der Waals surface area (Å²) in [5, 5.41) is 4.75. The Labute approximate surface area is 193 Å². The van der Waals surface area contributed by atoms with Gasteiger partial charge in [-0.3, -0.25) is 0 Å². The van der Waals surface area contributed by atoms with Crippen LogP contribution in [0.25, 0.3) is 0 Å². The van der Waals surface area contributed by atoms with E-state index in [1.54, 1.807) is 18.2 Å². The monoisotopic (exact) mass is 476 g/mol. The van der Waals surface area contributed by atoms with E-state index in [1.807, 2.05) is 0 Å². The Balaban J connectivity index is 2.00. The average Bonchev–Trinajstić information content (AvgIpc) is 2.70. The molecule has 0 amide bonds. The molecule has 1 aromatic rings. The van der Waals surface area contributed by atoms with Gasteiger partial charge in [0.1, 0.15) is 0 Å². The van der Waals surface area contributed by atoms with Crippen molar-refractivity contribution in [2.45, 2.75) is 96.8 Å². The van der Waals surface area contributed by atoms with Gasteiger partial charge < -0.3 is 0 Å². The van der Waals surface area contributed by atoms with Crippen molar-refractivity contribution < 1.29 is 8.42 Å². The molecular formula is C23H38Cl2N2O2S. The number of hydrazone groups is 1. The van der Waals surface area contributed by atoms with Gasteiger partial charge in [-0.15, -0.1) is 0 Å². The fraction of sp³-hybridized carbons (Fsp3) is 0.696. The van der Waals surface area contributed by atoms with E-state index in [1.165, 1.54) is 76.8 Å². The second-order valence-corrected chi connectivity index (χ2v) is 10.6. The second-order valence-electron chi connectivity index (χ2n) is 7.93. The summed E-state index contributed by atoms with van der Waals surface area (Å²) in [7, 11) is -3.41. The fourth-order valence-electron chi connectivity index (χ4n) is 3.31. The molecular weight excluding hydrogens is 439 g/mol. The van der Waals surface area contributed by atoms with Crippen LogP contribution in [0.1, 0.15) is 102 Å². The van der Waals surface area contributed by atoms with Gasteiger partial charge in [0.15, 0.2) is 0 Å². The minimum atomic E-state index is -3.41. The van der Waals surface area contributed by atoms with Gasteiger partial charge in [0.2, 0.25) is 10.0 Å². The van der Waals surface area contributed by atoms with Gasteiger partial charge in [-0.25, -0.2) is 13.2 Å². The Bertz CT molecular complexity index is 709. The highest BCUT2D eigenvalue weighted by atomic mass is 35.5. The van der Waals surface area contributed by atoms with Crippen LogP contribution >= 0.6 is 23.2 Å². The number of nitrogens with one attached hydrogen (secondary N) is 1. The van der Waals surface area contributed by atoms with Crippen molar-refractivity contribution in [3.05, 3.63) is 33.8 Å². The lowest BCUT2D eigenvalue weighted by molar-refractivity contribution is 0.536. The zero-order valence-electron chi connectivity index (χ0n) is 18.3. The van der Waals surface area contributed by atoms with Gasteiger partial charge in [-0.05, 0) is 18.6 Å². The fourth-order valence-corrected chi connectivity index (χ4v) is 4.66. The maximum Gasteiger partial charge on any atom is 0.247 e. The van der Waals surface area contributed by atoms with Crippen molar-refractivity contribution in [2.24, 2.45) is 5.10 Å². The maximum absolute atomic E-state index is 12.0. The summed E-state index contributed by atoms with van der Waals surface area (Å²) in [5.41, 5.74) is 0.611. The van der Waals surface area contributed by atoms with Crippen molar-refractivity contribution in [3.8, 4) is 0 Å². The van der Waals surface area contributed by atoms with Crippen LogP contribution in [0, 0.1) is 0 Å². The Morgan fingerprint density at radius 3 is 1.83 bits per heavy atom. The van der Waals surface area contributed by atoms with Gasteiger partial charge in [-0.2, -0.15) is 5.10 Å². The third-order valence-corrected chi connectivity index (χ3v) is 6.90. The van der Waals surface area contributed by atoms with Crippen LogP contribution in [0.2, 0.25) is 10.0 Å². The molecule has 0 saturated heterocycles. The molecule has 0 aliphatic heterocycles. The third kappa shape index (κ3) is 14.3. The number of nitrogens with zero attached hydrogens (tertiary/aromatic N) is 1. The summed E-state index contributed by atoms with van der Waals surface area (Å²) in [6.45, 7) is 2.26. The summed E-state index contributed by atoms with van der Waals surface area (Å²) < 4.78 is 24.0. The molecule has 0 bridgehead atoms. The van der Waals surface area contributed by atoms with Crippen molar-refractivity contribution in [3.63, 3.8) is 0 Å². The molecule has 0 aromatic heterocycles. The first-order valence-electron chi connectivity index (χ1n) is 11.4. The Kier molecular flexibility index (Phi) is 15.3. The molecule has 7 heteroatoms. The smallest absolute Gasteiger partial charge is 0.205 e. The highest BCUT2D eigenvalue weighted by Gasteiger charge is 2.08. The van der Waals surface area contributed by atoms with Gasteiger partial charge in [0, 0.05) is 10.6 Å². The molecule has 0 fully saturated rings. The first-order chi connectivity index (χ1) is 14.4. The molecule has 0 spiro atoms. The standard InChI is InChI=1S/C23H38Cl2N2O2S/c1-2-3-4-5-6-7-8-9-10-11-12-13-14-15-18-30(28,29)27-26-20-21-16-17-22(24)19-23(21)25/h16-17,19-20,27H,2-15,18H2,1H3/b26-20+. The Morgan fingerprint density at radius 1 is 0.833 bits per heavy atom. The van der Waals surface area contributed by atoms with Gasteiger partial charge in [0.25, 0.3) is 0 Å². The van der Waals surface area contributed by atoms with Crippen LogP contribution in [-0.2, 0) is 10.0 Å². The molecule has 0 saturated carbocycles. The number of rotatable bonds is 18. The number of benzene rings is 1. The number of halogens is 2. The van der Waals surface area contributed by atoms with E-state index >= 15 is 0 Å². The minimum absolute atomic E-state index is 0.0940. The Morgan fingerprint density at radius 2 is 1.33 bits per heavy atom. The van der Waals surface area contributed by atoms with Crippen molar-refractivity contribution in [1.82, 2.24) is 4.83 Å². The molecule has 172 valence electrons. The average molecular weight is 478 g/mol. The van der Waals surface area contributed by atoms with Crippen LogP contribution in [0.4, 0.5) is 0 Å². The highest BCUT2D eigenvalue weighted by Crippen LogP contribution is 2.19. The van der Waals surface area contributed by atoms with Crippen molar-refractivity contribution in [1.29, 1.82) is 0 Å². The first-order valence-corrected chi connectivity index (χ1v) is 13.8. The molecule has 1 aromatic carbocycles. The molecule has 0 radical (unpaired) electrons. The van der Waals surface area contributed by atoms with E-state index in [0.717, 1.165) is 12.8 Å². The lowest BCUT2D eigenvalue weighted by Gasteiger charge is -2.05. The number of hydrogen-bond donors (Lipinski definition) is 1. The zero-order chi connectivity index (χ0) is 22.1. The largest absolute Gasteiger partial charge is 0.247 e. The summed E-state index contributed by atoms with van der Waals surface area (Å²) in [5.74, 6) is 0.0940. The first kappa shape index (κ1) is 27.3. The summed E-state index contributed by atoms with van der Waals surface area (Å²) in [6, 6.07) is 4.96. The van der Waals surface area contributed by atoms with Gasteiger partial charge >= 0.3 is 0 Å². The molecule has 0 atom stereocenters. The van der Waals surface area contributed by atoms with Crippen LogP contribution < -0.4 is 4.83 Å². The lowest BCUT2D eigenvalue weighted by atomic mass is 10.0. The summed E-state index contributed by atoms with van der Waals surface area (Å²) in [4.78, 5) is 2.25. The van der Waals surface area contributed by atoms with Gasteiger partial charge in [-0.1, -0.05) is 120 Å². The minimum Gasteiger partial charge on any atom is -0.205 e. The molecule has 4 nitrogen and oxygen atoms in total. The topological polar surface area (TPSA) is 58.5 Å². The van der Waals surface area contributed by atoms with Gasteiger partial charge in [0.05, 0.1) is 17.0 Å². The summed E-state index contributed by atoms with van der Waals surface area (Å²) in [6.07, 6.45) is 18.8. The maximum atomic E-state index is 12.0. The van der Waals surface area contributed by atoms with E-state index in [4.69, 9.17) is 23.2 Å². The molecule has 0 heterocycles. The molecule has 0 aliphatic carbocycles. The van der Waals surface area contributed by atoms with Crippen LogP contribution in [0.15, 0.2) is 23.3 Å². The van der Waals surface area contributed by atoms with E-state index in [9.17, 15) is 8.42 Å². The van der Waals surface area contributed by atoms with E-state index in [2.05, 4.69) is 16.9 Å². The third-order valence-electron chi connectivity index (χ3n) is 5.12. The Hall–Kier alpha value is -0.780. The van der Waals surface area contributed by atoms with E-state index < -0.39 is 10.0 Å². The van der Waals surface area contributed by atoms with E-state index in [-0.39, 0.29) is 5.75 Å². The van der Waals surface area contributed by atoms with Crippen LogP contribution in [0.5, 0.6) is 0 Å². The predicted octanol–water partition coefficient (Wildman–Crippen LogP) is 7.73. The van der Waals surface area contributed by atoms with Crippen molar-refractivity contribution >= 4 is 39.4 Å². The summed E-state index contributed by atoms with van der Waals surface area (Å²) >= 11 is 11.9. The predicted molar refractivity (Wildman–Crippen MR) is 131 cm³/mol. The normalized spacial score (nSPS) is 12.0. The van der Waals surface area contributed by atoms with Crippen LogP contribution in [0.3, 0.4) is 0 Å². The molecule has 1 N–H and O–H groups in total. The van der Waals surface area contributed by atoms with Crippen LogP contribution in [-0.4, -0.2) is 20.4 Å². The molecule has 30 heavy (non-hydrogen) atoms. The highest BCUT2D eigenvalue weighted by molar-refractivity contribution is 7.89. The molecule has 0 unspecified atom stereocenters. The lowest BCUT2D eigenvalue weighted by Crippen LogP contribution is -2.21.